The zero-order valence-corrected chi connectivity index (χ0v) is 16.7. The van der Waals surface area contributed by atoms with Crippen LogP contribution >= 0.6 is 0 Å². The zero-order valence-electron chi connectivity index (χ0n) is 16.7. The van der Waals surface area contributed by atoms with Gasteiger partial charge in [0, 0.05) is 29.7 Å². The van der Waals surface area contributed by atoms with E-state index in [9.17, 15) is 0 Å². The van der Waals surface area contributed by atoms with Crippen LogP contribution < -0.4 is 10.6 Å². The molecule has 1 aliphatic heterocycles. The highest BCUT2D eigenvalue weighted by Gasteiger charge is 2.58. The molecule has 2 nitrogen and oxygen atoms in total. The first-order chi connectivity index (χ1) is 10.3. The lowest BCUT2D eigenvalue weighted by atomic mass is 9.51. The van der Waals surface area contributed by atoms with Crippen molar-refractivity contribution in [1.82, 2.24) is 0 Å². The first kappa shape index (κ1) is 18.3. The highest BCUT2D eigenvalue weighted by atomic mass is 15.2. The van der Waals surface area contributed by atoms with Gasteiger partial charge in [-0.1, -0.05) is 53.7 Å². The van der Waals surface area contributed by atoms with Gasteiger partial charge in [0.1, 0.15) is 0 Å². The second-order valence-corrected chi connectivity index (χ2v) is 10.2. The van der Waals surface area contributed by atoms with Crippen molar-refractivity contribution < 1.29 is 0 Å². The maximum absolute atomic E-state index is 6.17. The molecule has 0 saturated carbocycles. The number of anilines is 1. The average Bonchev–Trinajstić information content (AvgIpc) is 2.73. The van der Waals surface area contributed by atoms with Crippen molar-refractivity contribution in [3.8, 4) is 0 Å². The maximum Gasteiger partial charge on any atom is 0.0413 e. The molecule has 1 heterocycles. The predicted molar refractivity (Wildman–Crippen MR) is 102 cm³/mol. The summed E-state index contributed by atoms with van der Waals surface area (Å²) in [5, 5.41) is 0. The van der Waals surface area contributed by atoms with Crippen LogP contribution in [0.1, 0.15) is 73.4 Å². The van der Waals surface area contributed by atoms with Crippen LogP contribution in [0.3, 0.4) is 0 Å². The van der Waals surface area contributed by atoms with Crippen molar-refractivity contribution >= 4 is 5.69 Å². The van der Waals surface area contributed by atoms with E-state index in [1.54, 1.807) is 0 Å². The van der Waals surface area contributed by atoms with Gasteiger partial charge in [0.25, 0.3) is 0 Å². The molecule has 2 N–H and O–H groups in total. The van der Waals surface area contributed by atoms with Gasteiger partial charge in [-0.05, 0) is 48.8 Å². The summed E-state index contributed by atoms with van der Waals surface area (Å²) in [6.07, 6.45) is 0. The molecule has 23 heavy (non-hydrogen) atoms. The fourth-order valence-corrected chi connectivity index (χ4v) is 4.82. The summed E-state index contributed by atoms with van der Waals surface area (Å²) in [6.45, 7) is 22.9. The second kappa shape index (κ2) is 5.24. The third-order valence-corrected chi connectivity index (χ3v) is 5.83. The molecular weight excluding hydrogens is 280 g/mol. The lowest BCUT2D eigenvalue weighted by molar-refractivity contribution is 0.0628. The zero-order chi connectivity index (χ0) is 17.8. The highest BCUT2D eigenvalue weighted by Crippen LogP contribution is 2.61. The molecule has 0 amide bonds. The molecule has 130 valence electrons. The van der Waals surface area contributed by atoms with Gasteiger partial charge in [-0.15, -0.1) is 0 Å². The van der Waals surface area contributed by atoms with Crippen LogP contribution in [0, 0.1) is 10.8 Å². The minimum atomic E-state index is 0.0680. The van der Waals surface area contributed by atoms with Crippen molar-refractivity contribution in [3.05, 3.63) is 29.3 Å². The summed E-state index contributed by atoms with van der Waals surface area (Å²) in [6, 6.07) is 6.68. The summed E-state index contributed by atoms with van der Waals surface area (Å²) in [7, 11) is 0. The smallest absolute Gasteiger partial charge is 0.0413 e. The molecule has 2 rings (SSSR count). The number of benzene rings is 1. The Morgan fingerprint density at radius 1 is 0.957 bits per heavy atom. The van der Waals surface area contributed by atoms with Crippen LogP contribution in [0.5, 0.6) is 0 Å². The summed E-state index contributed by atoms with van der Waals surface area (Å²) in [5.41, 5.74) is 10.8. The van der Waals surface area contributed by atoms with Gasteiger partial charge in [0.2, 0.25) is 0 Å². The van der Waals surface area contributed by atoms with E-state index >= 15 is 0 Å². The summed E-state index contributed by atoms with van der Waals surface area (Å²) >= 11 is 0. The Kier molecular flexibility index (Phi) is 4.17. The lowest BCUT2D eigenvalue weighted by Gasteiger charge is -2.53. The van der Waals surface area contributed by atoms with E-state index in [1.807, 2.05) is 0 Å². The van der Waals surface area contributed by atoms with E-state index < -0.39 is 0 Å². The van der Waals surface area contributed by atoms with Crippen molar-refractivity contribution in [2.45, 2.75) is 79.8 Å². The minimum absolute atomic E-state index is 0.0680. The number of nitrogens with two attached hydrogens (primary N) is 1. The fraction of sp³-hybridized carbons (Fsp3) is 0.714. The first-order valence-corrected chi connectivity index (χ1v) is 8.87. The molecule has 0 unspecified atom stereocenters. The Labute approximate surface area is 143 Å². The maximum atomic E-state index is 6.17. The van der Waals surface area contributed by atoms with Crippen LogP contribution in [0.15, 0.2) is 18.2 Å². The number of hydrogen-bond donors (Lipinski definition) is 1. The van der Waals surface area contributed by atoms with E-state index in [-0.39, 0.29) is 21.8 Å². The molecule has 0 spiro atoms. The molecule has 0 aromatic heterocycles. The van der Waals surface area contributed by atoms with Gasteiger partial charge in [-0.25, -0.2) is 0 Å². The molecule has 1 aromatic carbocycles. The molecule has 1 aromatic rings. The average molecular weight is 317 g/mol. The highest BCUT2D eigenvalue weighted by molar-refractivity contribution is 5.68. The van der Waals surface area contributed by atoms with Crippen molar-refractivity contribution in [1.29, 1.82) is 0 Å². The molecule has 0 fully saturated rings. The van der Waals surface area contributed by atoms with Crippen LogP contribution in [-0.4, -0.2) is 12.1 Å². The lowest BCUT2D eigenvalue weighted by Crippen LogP contribution is -2.55. The normalized spacial score (nSPS) is 18.3. The Hall–Kier alpha value is -1.02. The van der Waals surface area contributed by atoms with E-state index in [4.69, 9.17) is 5.73 Å². The third kappa shape index (κ3) is 2.59. The van der Waals surface area contributed by atoms with Crippen LogP contribution in [0.25, 0.3) is 0 Å². The topological polar surface area (TPSA) is 29.3 Å². The summed E-state index contributed by atoms with van der Waals surface area (Å²) in [4.78, 5) is 2.60. The molecule has 1 aliphatic rings. The molecular formula is C21H36N2. The largest absolute Gasteiger partial charge is 0.366 e. The first-order valence-electron chi connectivity index (χ1n) is 8.87. The van der Waals surface area contributed by atoms with Gasteiger partial charge in [-0.2, -0.15) is 0 Å². The number of hydrogen-bond acceptors (Lipinski definition) is 2. The Bertz CT molecular complexity index is 565. The summed E-state index contributed by atoms with van der Waals surface area (Å²) in [5.74, 6) is 0. The third-order valence-electron chi connectivity index (χ3n) is 5.83. The fourth-order valence-electron chi connectivity index (χ4n) is 4.82. The van der Waals surface area contributed by atoms with Crippen molar-refractivity contribution in [2.75, 3.05) is 11.4 Å². The quantitative estimate of drug-likeness (QED) is 0.781. The molecule has 0 radical (unpaired) electrons. The van der Waals surface area contributed by atoms with Crippen molar-refractivity contribution in [2.24, 2.45) is 16.6 Å². The van der Waals surface area contributed by atoms with Crippen LogP contribution in [0.2, 0.25) is 0 Å². The van der Waals surface area contributed by atoms with E-state index in [1.165, 1.54) is 16.8 Å². The monoisotopic (exact) mass is 316 g/mol. The molecule has 0 bridgehead atoms. The molecule has 0 saturated heterocycles. The number of rotatable bonds is 1. The molecule has 0 atom stereocenters. The Morgan fingerprint density at radius 3 is 1.87 bits per heavy atom. The summed E-state index contributed by atoms with van der Waals surface area (Å²) < 4.78 is 0. The second-order valence-electron chi connectivity index (χ2n) is 10.2. The van der Waals surface area contributed by atoms with Gasteiger partial charge in [0.05, 0.1) is 0 Å². The van der Waals surface area contributed by atoms with Gasteiger partial charge in [-0.3, -0.25) is 0 Å². The molecule has 0 aliphatic carbocycles. The number of fused-ring (bicyclic) bond motifs is 1. The predicted octanol–water partition coefficient (Wildman–Crippen LogP) is 5.09. The van der Waals surface area contributed by atoms with Gasteiger partial charge >= 0.3 is 0 Å². The number of nitrogens with zero attached hydrogens (tertiary/aromatic N) is 1. The minimum Gasteiger partial charge on any atom is -0.366 e. The Balaban J connectivity index is 2.89. The van der Waals surface area contributed by atoms with Gasteiger partial charge < -0.3 is 10.6 Å². The van der Waals surface area contributed by atoms with Crippen molar-refractivity contribution in [3.63, 3.8) is 0 Å². The van der Waals surface area contributed by atoms with Crippen LogP contribution in [-0.2, 0) is 12.0 Å². The standard InChI is InChI=1S/C21H36N2/c1-18(2,3)21(19(4,5)6)14-23(20(7,8)9)16-12-10-11-15(13-22)17(16)21/h10-12H,13-14,22H2,1-9H3. The Morgan fingerprint density at radius 2 is 1.48 bits per heavy atom. The van der Waals surface area contributed by atoms with E-state index in [0.29, 0.717) is 6.54 Å². The van der Waals surface area contributed by atoms with Gasteiger partial charge in [0.15, 0.2) is 0 Å². The van der Waals surface area contributed by atoms with E-state index in [0.717, 1.165) is 6.54 Å². The SMILES string of the molecule is CC(C)(C)N1CC(C(C)(C)C)(C(C)(C)C)c2c(CN)cccc21. The molecule has 2 heteroatoms. The van der Waals surface area contributed by atoms with Crippen LogP contribution in [0.4, 0.5) is 5.69 Å². The van der Waals surface area contributed by atoms with E-state index in [2.05, 4.69) is 85.4 Å².